The van der Waals surface area contributed by atoms with Gasteiger partial charge < -0.3 is 21.7 Å². The van der Waals surface area contributed by atoms with Gasteiger partial charge in [0.1, 0.15) is 0 Å². The van der Waals surface area contributed by atoms with Crippen LogP contribution in [0.25, 0.3) is 0 Å². The molecular weight excluding hydrogens is 404 g/mol. The van der Waals surface area contributed by atoms with Crippen LogP contribution in [0, 0.1) is 5.92 Å². The number of amides is 3. The first-order valence-electron chi connectivity index (χ1n) is 13.1. The summed E-state index contributed by atoms with van der Waals surface area (Å²) in [6.45, 7) is 3.58. The predicted octanol–water partition coefficient (Wildman–Crippen LogP) is 3.55. The highest BCUT2D eigenvalue weighted by molar-refractivity contribution is 5.81. The van der Waals surface area contributed by atoms with E-state index in [0.717, 1.165) is 38.5 Å². The van der Waals surface area contributed by atoms with Crippen molar-refractivity contribution in [1.29, 1.82) is 0 Å². The quantitative estimate of drug-likeness (QED) is 0.238. The van der Waals surface area contributed by atoms with Crippen LogP contribution in [0.4, 0.5) is 0 Å². The molecule has 0 heterocycles. The van der Waals surface area contributed by atoms with E-state index in [9.17, 15) is 14.4 Å². The Balaban J connectivity index is 1.90. The summed E-state index contributed by atoms with van der Waals surface area (Å²) in [6.07, 6.45) is 17.1. The van der Waals surface area contributed by atoms with Gasteiger partial charge in [0.15, 0.2) is 0 Å². The van der Waals surface area contributed by atoms with Crippen LogP contribution >= 0.6 is 0 Å². The summed E-state index contributed by atoms with van der Waals surface area (Å²) in [5, 5.41) is 8.48. The largest absolute Gasteiger partial charge is 0.356 e. The van der Waals surface area contributed by atoms with Gasteiger partial charge in [0.25, 0.3) is 0 Å². The van der Waals surface area contributed by atoms with Crippen molar-refractivity contribution in [3.8, 4) is 0 Å². The van der Waals surface area contributed by atoms with Gasteiger partial charge in [-0.1, -0.05) is 77.6 Å². The summed E-state index contributed by atoms with van der Waals surface area (Å²) in [4.78, 5) is 35.9. The maximum Gasteiger partial charge on any atom is 0.224 e. The Bertz CT molecular complexity index is 527. The van der Waals surface area contributed by atoms with E-state index in [-0.39, 0.29) is 42.5 Å². The second-order valence-corrected chi connectivity index (χ2v) is 9.23. The van der Waals surface area contributed by atoms with E-state index in [4.69, 9.17) is 5.73 Å². The first-order valence-corrected chi connectivity index (χ1v) is 13.1. The molecule has 1 fully saturated rings. The van der Waals surface area contributed by atoms with Gasteiger partial charge in [-0.3, -0.25) is 14.4 Å². The normalized spacial score (nSPS) is 18.2. The highest BCUT2D eigenvalue weighted by Gasteiger charge is 2.27. The maximum atomic E-state index is 12.2. The van der Waals surface area contributed by atoms with Crippen LogP contribution in [0.2, 0.25) is 0 Å². The minimum Gasteiger partial charge on any atom is -0.356 e. The number of unbranched alkanes of at least 4 members (excludes halogenated alkanes) is 9. The lowest BCUT2D eigenvalue weighted by Crippen LogP contribution is -2.44. The molecule has 2 atom stereocenters. The van der Waals surface area contributed by atoms with Crippen molar-refractivity contribution in [1.82, 2.24) is 16.0 Å². The molecule has 7 nitrogen and oxygen atoms in total. The Morgan fingerprint density at radius 3 is 1.78 bits per heavy atom. The fraction of sp³-hybridized carbons (Fsp3) is 0.880. The molecule has 0 aliphatic heterocycles. The van der Waals surface area contributed by atoms with Crippen LogP contribution < -0.4 is 21.7 Å². The highest BCUT2D eigenvalue weighted by Crippen LogP contribution is 2.22. The second-order valence-electron chi connectivity index (χ2n) is 9.23. The van der Waals surface area contributed by atoms with Gasteiger partial charge in [-0.25, -0.2) is 0 Å². The molecule has 0 radical (unpaired) electrons. The molecule has 0 aromatic heterocycles. The molecule has 0 bridgehead atoms. The molecular formula is C25H48N4O3. The summed E-state index contributed by atoms with van der Waals surface area (Å²) in [7, 11) is 0. The standard InChI is InChI=1S/C25H48N4O3/c1-2-3-4-5-6-7-8-9-10-13-18-27-23(30)16-19-28-24(31)17-20-29-25(32)21-14-11-12-15-22(21)26/h21-22H,2-20,26H2,1H3,(H,27,30)(H,28,31)(H,29,32)/t21-,22-/m0/s1. The first-order chi connectivity index (χ1) is 15.5. The fourth-order valence-corrected chi connectivity index (χ4v) is 4.25. The number of carbonyl (C=O) groups excluding carboxylic acids is 3. The average Bonchev–Trinajstić information content (AvgIpc) is 2.77. The number of carbonyl (C=O) groups is 3. The summed E-state index contributed by atoms with van der Waals surface area (Å²) < 4.78 is 0. The lowest BCUT2D eigenvalue weighted by Gasteiger charge is -2.27. The molecule has 1 aliphatic carbocycles. The molecule has 0 aromatic carbocycles. The van der Waals surface area contributed by atoms with Gasteiger partial charge in [-0.2, -0.15) is 0 Å². The topological polar surface area (TPSA) is 113 Å². The van der Waals surface area contributed by atoms with E-state index in [0.29, 0.717) is 19.6 Å². The average molecular weight is 453 g/mol. The number of hydrogen-bond donors (Lipinski definition) is 4. The first kappa shape index (κ1) is 28.4. The molecule has 1 saturated carbocycles. The van der Waals surface area contributed by atoms with Crippen molar-refractivity contribution in [3.05, 3.63) is 0 Å². The summed E-state index contributed by atoms with van der Waals surface area (Å²) in [6, 6.07) is -0.0728. The maximum absolute atomic E-state index is 12.2. The van der Waals surface area contributed by atoms with Crippen LogP contribution in [-0.2, 0) is 14.4 Å². The molecule has 32 heavy (non-hydrogen) atoms. The minimum absolute atomic E-state index is 0.0270. The lowest BCUT2D eigenvalue weighted by molar-refractivity contribution is -0.126. The molecule has 0 saturated heterocycles. The Hall–Kier alpha value is -1.63. The van der Waals surface area contributed by atoms with E-state index < -0.39 is 0 Å². The predicted molar refractivity (Wildman–Crippen MR) is 130 cm³/mol. The van der Waals surface area contributed by atoms with E-state index in [1.807, 2.05) is 0 Å². The molecule has 5 N–H and O–H groups in total. The Morgan fingerprint density at radius 1 is 0.688 bits per heavy atom. The smallest absolute Gasteiger partial charge is 0.224 e. The molecule has 1 rings (SSSR count). The number of nitrogens with one attached hydrogen (secondary N) is 3. The Labute approximate surface area is 195 Å². The van der Waals surface area contributed by atoms with Crippen molar-refractivity contribution in [3.63, 3.8) is 0 Å². The molecule has 1 aliphatic rings. The van der Waals surface area contributed by atoms with Crippen LogP contribution in [0.3, 0.4) is 0 Å². The van der Waals surface area contributed by atoms with E-state index >= 15 is 0 Å². The lowest BCUT2D eigenvalue weighted by atomic mass is 9.84. The van der Waals surface area contributed by atoms with Crippen LogP contribution in [0.5, 0.6) is 0 Å². The molecule has 3 amide bonds. The molecule has 7 heteroatoms. The van der Waals surface area contributed by atoms with Gasteiger partial charge >= 0.3 is 0 Å². The highest BCUT2D eigenvalue weighted by atomic mass is 16.2. The van der Waals surface area contributed by atoms with Gasteiger partial charge in [-0.05, 0) is 19.3 Å². The molecule has 0 aromatic rings. The van der Waals surface area contributed by atoms with Crippen LogP contribution in [0.15, 0.2) is 0 Å². The third kappa shape index (κ3) is 14.4. The van der Waals surface area contributed by atoms with E-state index in [1.54, 1.807) is 0 Å². The summed E-state index contributed by atoms with van der Waals surface area (Å²) in [5.41, 5.74) is 6.02. The second kappa shape index (κ2) is 18.9. The zero-order valence-electron chi connectivity index (χ0n) is 20.4. The number of hydrogen-bond acceptors (Lipinski definition) is 4. The molecule has 186 valence electrons. The third-order valence-corrected chi connectivity index (χ3v) is 6.33. The van der Waals surface area contributed by atoms with Gasteiger partial charge in [0.05, 0.1) is 5.92 Å². The monoisotopic (exact) mass is 452 g/mol. The third-order valence-electron chi connectivity index (χ3n) is 6.33. The van der Waals surface area contributed by atoms with Gasteiger partial charge in [-0.15, -0.1) is 0 Å². The summed E-state index contributed by atoms with van der Waals surface area (Å²) >= 11 is 0. The fourth-order valence-electron chi connectivity index (χ4n) is 4.25. The van der Waals surface area contributed by atoms with Crippen molar-refractivity contribution in [2.75, 3.05) is 19.6 Å². The summed E-state index contributed by atoms with van der Waals surface area (Å²) in [5.74, 6) is -0.357. The Kier molecular flexibility index (Phi) is 16.8. The minimum atomic E-state index is -0.152. The van der Waals surface area contributed by atoms with Crippen molar-refractivity contribution < 1.29 is 14.4 Å². The van der Waals surface area contributed by atoms with Gasteiger partial charge in [0.2, 0.25) is 17.7 Å². The van der Waals surface area contributed by atoms with Crippen molar-refractivity contribution in [2.45, 2.75) is 116 Å². The number of rotatable bonds is 18. The zero-order chi connectivity index (χ0) is 23.4. The SMILES string of the molecule is CCCCCCCCCCCCNC(=O)CCNC(=O)CCNC(=O)[C@H]1CCCC[C@@H]1N. The molecule has 0 unspecified atom stereocenters. The van der Waals surface area contributed by atoms with Crippen molar-refractivity contribution in [2.24, 2.45) is 11.7 Å². The van der Waals surface area contributed by atoms with E-state index in [2.05, 4.69) is 22.9 Å². The van der Waals surface area contributed by atoms with Gasteiger partial charge in [0, 0.05) is 38.5 Å². The van der Waals surface area contributed by atoms with Crippen molar-refractivity contribution >= 4 is 17.7 Å². The Morgan fingerprint density at radius 2 is 1.19 bits per heavy atom. The number of nitrogens with two attached hydrogens (primary N) is 1. The van der Waals surface area contributed by atoms with E-state index in [1.165, 1.54) is 51.4 Å². The van der Waals surface area contributed by atoms with Crippen LogP contribution in [-0.4, -0.2) is 43.4 Å². The van der Waals surface area contributed by atoms with Crippen LogP contribution in [0.1, 0.15) is 110 Å². The zero-order valence-corrected chi connectivity index (χ0v) is 20.4. The molecule has 0 spiro atoms.